The maximum absolute atomic E-state index is 11.9. The van der Waals surface area contributed by atoms with Crippen molar-refractivity contribution in [1.82, 2.24) is 5.32 Å². The Morgan fingerprint density at radius 3 is 2.57 bits per heavy atom. The summed E-state index contributed by atoms with van der Waals surface area (Å²) in [6.07, 6.45) is 3.41. The topological polar surface area (TPSA) is 38.3 Å². The fourth-order valence-electron chi connectivity index (χ4n) is 2.43. The molecule has 1 unspecified atom stereocenters. The van der Waals surface area contributed by atoms with Crippen molar-refractivity contribution in [2.24, 2.45) is 11.3 Å². The van der Waals surface area contributed by atoms with Crippen LogP contribution in [-0.2, 0) is 9.53 Å². The molecule has 2 rings (SSSR count). The molecular weight excluding hydrogens is 178 g/mol. The van der Waals surface area contributed by atoms with Gasteiger partial charge in [-0.3, -0.25) is 4.79 Å². The van der Waals surface area contributed by atoms with E-state index in [-0.39, 0.29) is 23.3 Å². The Morgan fingerprint density at radius 1 is 1.43 bits per heavy atom. The van der Waals surface area contributed by atoms with E-state index in [1.165, 1.54) is 12.8 Å². The summed E-state index contributed by atoms with van der Waals surface area (Å²) in [6.45, 7) is 5.78. The van der Waals surface area contributed by atoms with Gasteiger partial charge in [0.1, 0.15) is 0 Å². The first-order valence-corrected chi connectivity index (χ1v) is 5.48. The molecule has 0 spiro atoms. The number of hydrogen-bond donors (Lipinski definition) is 1. The third-order valence-corrected chi connectivity index (χ3v) is 3.56. The quantitative estimate of drug-likeness (QED) is 0.725. The van der Waals surface area contributed by atoms with Crippen LogP contribution in [0.15, 0.2) is 0 Å². The SMILES string of the molecule is CC1(C)CCCC1C(=O)NC1COC1. The molecule has 80 valence electrons. The van der Waals surface area contributed by atoms with Crippen LogP contribution in [0.4, 0.5) is 0 Å². The molecule has 14 heavy (non-hydrogen) atoms. The van der Waals surface area contributed by atoms with Crippen molar-refractivity contribution in [3.8, 4) is 0 Å². The first-order valence-electron chi connectivity index (χ1n) is 5.48. The van der Waals surface area contributed by atoms with Crippen LogP contribution in [0, 0.1) is 11.3 Å². The maximum atomic E-state index is 11.9. The first-order chi connectivity index (χ1) is 6.59. The van der Waals surface area contributed by atoms with E-state index in [1.807, 2.05) is 0 Å². The fraction of sp³-hybridized carbons (Fsp3) is 0.909. The highest BCUT2D eigenvalue weighted by Crippen LogP contribution is 2.42. The van der Waals surface area contributed by atoms with Gasteiger partial charge in [-0.1, -0.05) is 20.3 Å². The molecule has 1 heterocycles. The van der Waals surface area contributed by atoms with Gasteiger partial charge in [0.15, 0.2) is 0 Å². The minimum absolute atomic E-state index is 0.189. The molecule has 0 aromatic heterocycles. The zero-order valence-corrected chi connectivity index (χ0v) is 9.01. The largest absolute Gasteiger partial charge is 0.377 e. The molecule has 1 N–H and O–H groups in total. The monoisotopic (exact) mass is 197 g/mol. The van der Waals surface area contributed by atoms with Crippen LogP contribution in [0.25, 0.3) is 0 Å². The Balaban J connectivity index is 1.90. The van der Waals surface area contributed by atoms with Gasteiger partial charge < -0.3 is 10.1 Å². The second-order valence-corrected chi connectivity index (χ2v) is 5.18. The van der Waals surface area contributed by atoms with Crippen LogP contribution in [0.5, 0.6) is 0 Å². The average Bonchev–Trinajstić information content (AvgIpc) is 2.37. The highest BCUT2D eigenvalue weighted by atomic mass is 16.5. The van der Waals surface area contributed by atoms with Gasteiger partial charge >= 0.3 is 0 Å². The average molecular weight is 197 g/mol. The van der Waals surface area contributed by atoms with Crippen LogP contribution < -0.4 is 5.32 Å². The van der Waals surface area contributed by atoms with E-state index in [1.54, 1.807) is 0 Å². The molecule has 1 saturated heterocycles. The van der Waals surface area contributed by atoms with E-state index in [9.17, 15) is 4.79 Å². The summed E-state index contributed by atoms with van der Waals surface area (Å²) in [5.41, 5.74) is 0.189. The molecule has 0 bridgehead atoms. The predicted molar refractivity (Wildman–Crippen MR) is 53.9 cm³/mol. The third kappa shape index (κ3) is 1.78. The second-order valence-electron chi connectivity index (χ2n) is 5.18. The van der Waals surface area contributed by atoms with Crippen molar-refractivity contribution in [2.75, 3.05) is 13.2 Å². The summed E-state index contributed by atoms with van der Waals surface area (Å²) in [6, 6.07) is 0.277. The Kier molecular flexibility index (Phi) is 2.52. The van der Waals surface area contributed by atoms with Crippen molar-refractivity contribution in [1.29, 1.82) is 0 Å². The van der Waals surface area contributed by atoms with Crippen LogP contribution >= 0.6 is 0 Å². The lowest BCUT2D eigenvalue weighted by atomic mass is 9.81. The number of ether oxygens (including phenoxy) is 1. The molecule has 1 atom stereocenters. The standard InChI is InChI=1S/C11H19NO2/c1-11(2)5-3-4-9(11)10(13)12-8-6-14-7-8/h8-9H,3-7H2,1-2H3,(H,12,13). The maximum Gasteiger partial charge on any atom is 0.224 e. The van der Waals surface area contributed by atoms with Gasteiger partial charge in [-0.25, -0.2) is 0 Å². The molecule has 1 aliphatic heterocycles. The Bertz CT molecular complexity index is 233. The lowest BCUT2D eigenvalue weighted by Crippen LogP contribution is -2.51. The highest BCUT2D eigenvalue weighted by molar-refractivity contribution is 5.80. The van der Waals surface area contributed by atoms with Crippen LogP contribution in [0.2, 0.25) is 0 Å². The van der Waals surface area contributed by atoms with E-state index in [4.69, 9.17) is 4.74 Å². The molecule has 2 fully saturated rings. The molecule has 2 aliphatic rings. The zero-order valence-electron chi connectivity index (χ0n) is 9.01. The number of carbonyl (C=O) groups is 1. The van der Waals surface area contributed by atoms with Crippen molar-refractivity contribution in [3.63, 3.8) is 0 Å². The molecule has 0 aromatic rings. The molecular formula is C11H19NO2. The van der Waals surface area contributed by atoms with Crippen LogP contribution in [-0.4, -0.2) is 25.2 Å². The predicted octanol–water partition coefficient (Wildman–Crippen LogP) is 1.33. The van der Waals surface area contributed by atoms with Crippen LogP contribution in [0.1, 0.15) is 33.1 Å². The summed E-state index contributed by atoms with van der Waals surface area (Å²) in [5, 5.41) is 3.05. The molecule has 1 aliphatic carbocycles. The normalized spacial score (nSPS) is 31.1. The van der Waals surface area contributed by atoms with E-state index >= 15 is 0 Å². The van der Waals surface area contributed by atoms with E-state index in [0.717, 1.165) is 6.42 Å². The van der Waals surface area contributed by atoms with Gasteiger partial charge in [-0.2, -0.15) is 0 Å². The lowest BCUT2D eigenvalue weighted by molar-refractivity contribution is -0.131. The Hall–Kier alpha value is -0.570. The Labute approximate surface area is 85.2 Å². The number of nitrogens with one attached hydrogen (secondary N) is 1. The summed E-state index contributed by atoms with van der Waals surface area (Å²) < 4.78 is 5.04. The van der Waals surface area contributed by atoms with Gasteiger partial charge in [0.05, 0.1) is 19.3 Å². The number of rotatable bonds is 2. The van der Waals surface area contributed by atoms with Crippen molar-refractivity contribution in [3.05, 3.63) is 0 Å². The van der Waals surface area contributed by atoms with E-state index < -0.39 is 0 Å². The van der Waals surface area contributed by atoms with Gasteiger partial charge in [-0.05, 0) is 18.3 Å². The van der Waals surface area contributed by atoms with Gasteiger partial charge in [0.25, 0.3) is 0 Å². The van der Waals surface area contributed by atoms with Crippen LogP contribution in [0.3, 0.4) is 0 Å². The highest BCUT2D eigenvalue weighted by Gasteiger charge is 2.40. The Morgan fingerprint density at radius 2 is 2.14 bits per heavy atom. The molecule has 1 amide bonds. The minimum atomic E-state index is 0.189. The van der Waals surface area contributed by atoms with Crippen molar-refractivity contribution >= 4 is 5.91 Å². The second kappa shape index (κ2) is 3.54. The first kappa shape index (κ1) is 9.97. The summed E-state index contributed by atoms with van der Waals surface area (Å²) in [5.74, 6) is 0.448. The molecule has 1 saturated carbocycles. The third-order valence-electron chi connectivity index (χ3n) is 3.56. The molecule has 3 nitrogen and oxygen atoms in total. The van der Waals surface area contributed by atoms with Gasteiger partial charge in [0.2, 0.25) is 5.91 Å². The number of amides is 1. The van der Waals surface area contributed by atoms with E-state index in [0.29, 0.717) is 13.2 Å². The lowest BCUT2D eigenvalue weighted by Gasteiger charge is -2.31. The fourth-order valence-corrected chi connectivity index (χ4v) is 2.43. The summed E-state index contributed by atoms with van der Waals surface area (Å²) in [4.78, 5) is 11.9. The minimum Gasteiger partial charge on any atom is -0.377 e. The smallest absolute Gasteiger partial charge is 0.224 e. The van der Waals surface area contributed by atoms with E-state index in [2.05, 4.69) is 19.2 Å². The van der Waals surface area contributed by atoms with Crippen molar-refractivity contribution in [2.45, 2.75) is 39.2 Å². The van der Waals surface area contributed by atoms with Crippen molar-refractivity contribution < 1.29 is 9.53 Å². The summed E-state index contributed by atoms with van der Waals surface area (Å²) >= 11 is 0. The number of carbonyl (C=O) groups excluding carboxylic acids is 1. The number of hydrogen-bond acceptors (Lipinski definition) is 2. The van der Waals surface area contributed by atoms with Gasteiger partial charge in [-0.15, -0.1) is 0 Å². The zero-order chi connectivity index (χ0) is 10.2. The molecule has 0 aromatic carbocycles. The summed E-state index contributed by atoms with van der Waals surface area (Å²) in [7, 11) is 0. The molecule has 0 radical (unpaired) electrons. The van der Waals surface area contributed by atoms with Gasteiger partial charge in [0, 0.05) is 5.92 Å². The molecule has 3 heteroatoms.